The van der Waals surface area contributed by atoms with Crippen LogP contribution in [0.5, 0.6) is 0 Å². The molecule has 10 nitrogen and oxygen atoms in total. The number of anilines is 1. The maximum atomic E-state index is 13.3. The van der Waals surface area contributed by atoms with Gasteiger partial charge < -0.3 is 26.2 Å². The number of hydrogen-bond acceptors (Lipinski definition) is 5. The molecule has 0 saturated heterocycles. The first-order valence-electron chi connectivity index (χ1n) is 13.0. The predicted octanol–water partition coefficient (Wildman–Crippen LogP) is 4.39. The lowest BCUT2D eigenvalue weighted by Gasteiger charge is -2.40. The number of halogens is 2. The minimum absolute atomic E-state index is 0.00820. The van der Waals surface area contributed by atoms with Crippen LogP contribution in [-0.2, 0) is 25.6 Å². The molecule has 0 heterocycles. The van der Waals surface area contributed by atoms with Gasteiger partial charge in [-0.05, 0) is 48.1 Å². The minimum Gasteiger partial charge on any atom is -0.481 e. The van der Waals surface area contributed by atoms with E-state index in [1.165, 1.54) is 0 Å². The van der Waals surface area contributed by atoms with E-state index in [4.69, 9.17) is 28.3 Å². The van der Waals surface area contributed by atoms with E-state index in [-0.39, 0.29) is 40.9 Å². The van der Waals surface area contributed by atoms with E-state index in [0.717, 1.165) is 0 Å². The molecule has 1 saturated carbocycles. The normalized spacial score (nSPS) is 20.1. The Bertz CT molecular complexity index is 1330. The topological polar surface area (TPSA) is 162 Å². The van der Waals surface area contributed by atoms with Crippen LogP contribution in [0, 0.1) is 16.7 Å². The van der Waals surface area contributed by atoms with Crippen molar-refractivity contribution < 1.29 is 34.2 Å². The van der Waals surface area contributed by atoms with E-state index in [9.17, 15) is 29.1 Å². The SMILES string of the molecule is CC1(C)[C@@H](C(=O)N[C@@H](Cc2ccc(NC(=O)c3c(Cl)cccc3Cl)cc2)C(=O)O)CC[C@@]1(C)C(=O)NCCC(=O)O. The van der Waals surface area contributed by atoms with E-state index < -0.39 is 46.5 Å². The fourth-order valence-corrected chi connectivity index (χ4v) is 5.75. The molecular weight excluding hydrogens is 573 g/mol. The zero-order valence-corrected chi connectivity index (χ0v) is 24.4. The number of carboxylic acids is 2. The van der Waals surface area contributed by atoms with E-state index >= 15 is 0 Å². The van der Waals surface area contributed by atoms with Crippen LogP contribution in [0.3, 0.4) is 0 Å². The molecule has 3 rings (SSSR count). The quantitative estimate of drug-likeness (QED) is 0.253. The molecule has 1 aliphatic rings. The van der Waals surface area contributed by atoms with Crippen molar-refractivity contribution in [1.29, 1.82) is 0 Å². The van der Waals surface area contributed by atoms with Crippen molar-refractivity contribution in [2.45, 2.75) is 52.5 Å². The van der Waals surface area contributed by atoms with Crippen LogP contribution < -0.4 is 16.0 Å². The first kappa shape index (κ1) is 31.9. The van der Waals surface area contributed by atoms with E-state index in [1.54, 1.807) is 63.2 Å². The Morgan fingerprint density at radius 3 is 2.15 bits per heavy atom. The van der Waals surface area contributed by atoms with Crippen LogP contribution in [0.15, 0.2) is 42.5 Å². The van der Waals surface area contributed by atoms with E-state index in [2.05, 4.69) is 16.0 Å². The average molecular weight is 607 g/mol. The highest BCUT2D eigenvalue weighted by atomic mass is 35.5. The van der Waals surface area contributed by atoms with Crippen molar-refractivity contribution >= 4 is 58.5 Å². The Balaban J connectivity index is 1.65. The molecule has 1 fully saturated rings. The van der Waals surface area contributed by atoms with Crippen molar-refractivity contribution in [3.63, 3.8) is 0 Å². The summed E-state index contributed by atoms with van der Waals surface area (Å²) in [5.74, 6) is -4.17. The van der Waals surface area contributed by atoms with Crippen LogP contribution >= 0.6 is 23.2 Å². The number of carbonyl (C=O) groups excluding carboxylic acids is 3. The Hall–Kier alpha value is -3.63. The first-order valence-corrected chi connectivity index (χ1v) is 13.8. The Labute approximate surface area is 247 Å². The fraction of sp³-hybridized carbons (Fsp3) is 0.414. The highest BCUT2D eigenvalue weighted by molar-refractivity contribution is 6.40. The molecule has 0 aliphatic heterocycles. The molecule has 12 heteroatoms. The third kappa shape index (κ3) is 7.18. The van der Waals surface area contributed by atoms with Gasteiger partial charge in [-0.15, -0.1) is 0 Å². The van der Waals surface area contributed by atoms with Crippen LogP contribution in [-0.4, -0.2) is 52.5 Å². The van der Waals surface area contributed by atoms with Gasteiger partial charge in [0.05, 0.1) is 27.4 Å². The van der Waals surface area contributed by atoms with Gasteiger partial charge in [-0.2, -0.15) is 0 Å². The molecule has 1 aliphatic carbocycles. The van der Waals surface area contributed by atoms with Gasteiger partial charge in [0.15, 0.2) is 0 Å². The maximum Gasteiger partial charge on any atom is 0.326 e. The summed E-state index contributed by atoms with van der Waals surface area (Å²) in [4.78, 5) is 61.7. The molecule has 3 atom stereocenters. The molecule has 0 aromatic heterocycles. The molecule has 2 aromatic carbocycles. The Kier molecular flexibility index (Phi) is 10.0. The van der Waals surface area contributed by atoms with Gasteiger partial charge in [0.2, 0.25) is 11.8 Å². The number of benzene rings is 2. The molecule has 3 amide bonds. The van der Waals surface area contributed by atoms with Crippen molar-refractivity contribution in [1.82, 2.24) is 10.6 Å². The molecule has 220 valence electrons. The van der Waals surface area contributed by atoms with Crippen molar-refractivity contribution in [2.24, 2.45) is 16.7 Å². The number of rotatable bonds is 11. The number of aliphatic carboxylic acids is 2. The van der Waals surface area contributed by atoms with Gasteiger partial charge in [0.25, 0.3) is 5.91 Å². The second kappa shape index (κ2) is 12.9. The summed E-state index contributed by atoms with van der Waals surface area (Å²) in [6, 6.07) is 10.00. The van der Waals surface area contributed by atoms with Gasteiger partial charge in [-0.25, -0.2) is 4.79 Å². The lowest BCUT2D eigenvalue weighted by molar-refractivity contribution is -0.145. The number of carbonyl (C=O) groups is 5. The summed E-state index contributed by atoms with van der Waals surface area (Å²) < 4.78 is 0. The summed E-state index contributed by atoms with van der Waals surface area (Å²) in [6.45, 7) is 5.30. The van der Waals surface area contributed by atoms with Crippen LogP contribution in [0.4, 0.5) is 5.69 Å². The predicted molar refractivity (Wildman–Crippen MR) is 154 cm³/mol. The number of nitrogens with one attached hydrogen (secondary N) is 3. The van der Waals surface area contributed by atoms with Crippen LogP contribution in [0.1, 0.15) is 56.0 Å². The minimum atomic E-state index is -1.23. The average Bonchev–Trinajstić information content (AvgIpc) is 3.13. The molecule has 5 N–H and O–H groups in total. The lowest BCUT2D eigenvalue weighted by atomic mass is 9.65. The number of hydrogen-bond donors (Lipinski definition) is 5. The fourth-order valence-electron chi connectivity index (χ4n) is 5.18. The Morgan fingerprint density at radius 1 is 0.976 bits per heavy atom. The molecular formula is C29H33Cl2N3O7. The summed E-state index contributed by atoms with van der Waals surface area (Å²) in [7, 11) is 0. The largest absolute Gasteiger partial charge is 0.481 e. The van der Waals surface area contributed by atoms with Gasteiger partial charge in [0.1, 0.15) is 6.04 Å². The maximum absolute atomic E-state index is 13.3. The summed E-state index contributed by atoms with van der Waals surface area (Å²) in [6.07, 6.45) is 0.542. The number of amides is 3. The highest BCUT2D eigenvalue weighted by Crippen LogP contribution is 2.56. The third-order valence-corrected chi connectivity index (χ3v) is 8.75. The zero-order valence-electron chi connectivity index (χ0n) is 22.9. The zero-order chi connectivity index (χ0) is 30.5. The second-order valence-electron chi connectivity index (χ2n) is 10.9. The smallest absolute Gasteiger partial charge is 0.326 e. The van der Waals surface area contributed by atoms with Gasteiger partial charge >= 0.3 is 11.9 Å². The van der Waals surface area contributed by atoms with Gasteiger partial charge in [-0.1, -0.05) is 62.2 Å². The van der Waals surface area contributed by atoms with Crippen molar-refractivity contribution in [3.05, 3.63) is 63.6 Å². The molecule has 0 bridgehead atoms. The highest BCUT2D eigenvalue weighted by Gasteiger charge is 2.58. The van der Waals surface area contributed by atoms with Crippen LogP contribution in [0.2, 0.25) is 10.0 Å². The standard InChI is InChI=1S/C29H33Cl2N3O7/c1-28(2)18(11-13-29(28,3)27(41)32-14-12-22(35)36)24(37)34-21(26(39)40)15-16-7-9-17(10-8-16)33-25(38)23-19(30)5-4-6-20(23)31/h4-10,18,21H,11-15H2,1-3H3,(H,32,41)(H,33,38)(H,34,37)(H,35,36)(H,39,40)/t18-,21+,29+/m1/s1. The molecule has 0 spiro atoms. The van der Waals surface area contributed by atoms with Crippen molar-refractivity contribution in [2.75, 3.05) is 11.9 Å². The lowest BCUT2D eigenvalue weighted by Crippen LogP contribution is -2.52. The monoisotopic (exact) mass is 605 g/mol. The summed E-state index contributed by atoms with van der Waals surface area (Å²) >= 11 is 12.2. The summed E-state index contributed by atoms with van der Waals surface area (Å²) in [5, 5.41) is 27.1. The second-order valence-corrected chi connectivity index (χ2v) is 11.7. The van der Waals surface area contributed by atoms with Gasteiger partial charge in [-0.3, -0.25) is 19.2 Å². The third-order valence-electron chi connectivity index (χ3n) is 8.12. The van der Waals surface area contributed by atoms with Gasteiger partial charge in [0, 0.05) is 24.6 Å². The van der Waals surface area contributed by atoms with Crippen molar-refractivity contribution in [3.8, 4) is 0 Å². The van der Waals surface area contributed by atoms with Crippen LogP contribution in [0.25, 0.3) is 0 Å². The molecule has 2 aromatic rings. The molecule has 41 heavy (non-hydrogen) atoms. The van der Waals surface area contributed by atoms with E-state index in [1.807, 2.05) is 0 Å². The molecule has 0 radical (unpaired) electrons. The number of carboxylic acid groups (broad SMARTS) is 2. The first-order chi connectivity index (χ1) is 19.2. The Morgan fingerprint density at radius 2 is 1.59 bits per heavy atom. The molecule has 0 unspecified atom stereocenters. The van der Waals surface area contributed by atoms with E-state index in [0.29, 0.717) is 24.1 Å². The summed E-state index contributed by atoms with van der Waals surface area (Å²) in [5.41, 5.74) is -0.574.